The van der Waals surface area contributed by atoms with Gasteiger partial charge in [-0.3, -0.25) is 9.67 Å². The number of para-hydroxylation sites is 1. The summed E-state index contributed by atoms with van der Waals surface area (Å²) in [5.74, 6) is 0. The smallest absolute Gasteiger partial charge is 0.103 e. The van der Waals surface area contributed by atoms with Crippen LogP contribution in [0.25, 0.3) is 10.9 Å². The van der Waals surface area contributed by atoms with Gasteiger partial charge < -0.3 is 10.2 Å². The van der Waals surface area contributed by atoms with Crippen molar-refractivity contribution >= 4 is 16.6 Å². The quantitative estimate of drug-likeness (QED) is 0.777. The zero-order valence-electron chi connectivity index (χ0n) is 15.0. The van der Waals surface area contributed by atoms with E-state index in [0.717, 1.165) is 27.7 Å². The van der Waals surface area contributed by atoms with E-state index in [9.17, 15) is 5.26 Å². The molecule has 0 amide bonds. The number of aryl methyl sites for hydroxylation is 2. The average Bonchev–Trinajstić information content (AvgIpc) is 3.01. The number of nitrogens with zero attached hydrogens (tertiary/aromatic N) is 5. The van der Waals surface area contributed by atoms with Gasteiger partial charge in [-0.15, -0.1) is 0 Å². The number of pyridine rings is 1. The van der Waals surface area contributed by atoms with E-state index < -0.39 is 0 Å². The minimum atomic E-state index is 0.147. The van der Waals surface area contributed by atoms with E-state index in [-0.39, 0.29) is 6.04 Å². The number of benzene rings is 1. The van der Waals surface area contributed by atoms with E-state index in [1.54, 1.807) is 10.9 Å². The summed E-state index contributed by atoms with van der Waals surface area (Å²) in [5, 5.41) is 18.2. The van der Waals surface area contributed by atoms with E-state index in [2.05, 4.69) is 26.4 Å². The molecule has 3 rings (SSSR count). The molecule has 1 atom stereocenters. The molecule has 0 radical (unpaired) electrons. The molecular weight excluding hydrogens is 312 g/mol. The van der Waals surface area contributed by atoms with E-state index in [0.29, 0.717) is 12.1 Å². The number of hydrogen-bond acceptors (Lipinski definition) is 5. The van der Waals surface area contributed by atoms with Crippen molar-refractivity contribution < 1.29 is 0 Å². The van der Waals surface area contributed by atoms with Crippen LogP contribution < -0.4 is 5.32 Å². The Balaban J connectivity index is 1.96. The molecule has 1 aromatic carbocycles. The van der Waals surface area contributed by atoms with Crippen molar-refractivity contribution in [2.75, 3.05) is 26.0 Å². The highest BCUT2D eigenvalue weighted by Crippen LogP contribution is 2.28. The Morgan fingerprint density at radius 1 is 1.32 bits per heavy atom. The molecule has 0 aliphatic rings. The Morgan fingerprint density at radius 3 is 2.76 bits per heavy atom. The first kappa shape index (κ1) is 16.9. The van der Waals surface area contributed by atoms with Gasteiger partial charge in [0.15, 0.2) is 0 Å². The molecule has 0 saturated carbocycles. The highest BCUT2D eigenvalue weighted by Gasteiger charge is 2.17. The first-order chi connectivity index (χ1) is 12.0. The number of nitriles is 1. The largest absolute Gasteiger partial charge is 0.381 e. The van der Waals surface area contributed by atoms with E-state index in [1.165, 1.54) is 0 Å². The highest BCUT2D eigenvalue weighted by molar-refractivity contribution is 5.95. The van der Waals surface area contributed by atoms with Crippen LogP contribution in [0.2, 0.25) is 0 Å². The molecule has 6 heteroatoms. The fraction of sp³-hybridized carbons (Fsp3) is 0.316. The lowest BCUT2D eigenvalue weighted by Crippen LogP contribution is -2.26. The van der Waals surface area contributed by atoms with Crippen LogP contribution in [0.5, 0.6) is 0 Å². The molecule has 0 unspecified atom stereocenters. The molecule has 3 aromatic rings. The van der Waals surface area contributed by atoms with Crippen LogP contribution in [-0.2, 0) is 7.05 Å². The van der Waals surface area contributed by atoms with E-state index in [1.807, 2.05) is 58.7 Å². The Hall–Kier alpha value is -2.91. The number of aromatic nitrogens is 3. The van der Waals surface area contributed by atoms with Gasteiger partial charge in [-0.2, -0.15) is 10.4 Å². The highest BCUT2D eigenvalue weighted by atomic mass is 15.2. The Bertz CT molecular complexity index is 935. The third kappa shape index (κ3) is 3.32. The van der Waals surface area contributed by atoms with Crippen LogP contribution in [0.1, 0.15) is 22.7 Å². The maximum absolute atomic E-state index is 9.49. The normalized spacial score (nSPS) is 12.3. The number of hydrogen-bond donors (Lipinski definition) is 1. The third-order valence-electron chi connectivity index (χ3n) is 4.42. The summed E-state index contributed by atoms with van der Waals surface area (Å²) in [7, 11) is 6.00. The monoisotopic (exact) mass is 334 g/mol. The second-order valence-corrected chi connectivity index (χ2v) is 6.44. The number of anilines is 1. The predicted octanol–water partition coefficient (Wildman–Crippen LogP) is 2.86. The van der Waals surface area contributed by atoms with Crippen LogP contribution in [0.15, 0.2) is 36.8 Å². The second-order valence-electron chi connectivity index (χ2n) is 6.44. The molecular formula is C19H22N6. The molecule has 6 nitrogen and oxygen atoms in total. The lowest BCUT2D eigenvalue weighted by Gasteiger charge is -2.24. The van der Waals surface area contributed by atoms with Gasteiger partial charge in [-0.25, -0.2) is 0 Å². The number of likely N-dealkylation sites (N-methyl/N-ethyl adjacent to an activating group) is 1. The molecule has 0 aliphatic carbocycles. The van der Waals surface area contributed by atoms with Crippen LogP contribution in [0, 0.1) is 18.3 Å². The molecule has 0 spiro atoms. The lowest BCUT2D eigenvalue weighted by atomic mass is 10.1. The zero-order chi connectivity index (χ0) is 18.0. The van der Waals surface area contributed by atoms with Gasteiger partial charge in [0.2, 0.25) is 0 Å². The molecule has 0 aliphatic heterocycles. The molecule has 128 valence electrons. The van der Waals surface area contributed by atoms with Crippen LogP contribution in [-0.4, -0.2) is 40.3 Å². The number of fused-ring (bicyclic) bond motifs is 1. The Kier molecular flexibility index (Phi) is 4.68. The molecule has 0 bridgehead atoms. The molecule has 1 N–H and O–H groups in total. The zero-order valence-corrected chi connectivity index (χ0v) is 15.0. The van der Waals surface area contributed by atoms with E-state index in [4.69, 9.17) is 0 Å². The molecule has 0 saturated heterocycles. The summed E-state index contributed by atoms with van der Waals surface area (Å²) in [4.78, 5) is 6.59. The Labute approximate surface area is 147 Å². The van der Waals surface area contributed by atoms with Crippen LogP contribution in [0.3, 0.4) is 0 Å². The van der Waals surface area contributed by atoms with Gasteiger partial charge in [-0.1, -0.05) is 18.2 Å². The third-order valence-corrected chi connectivity index (χ3v) is 4.42. The molecule has 25 heavy (non-hydrogen) atoms. The van der Waals surface area contributed by atoms with Crippen LogP contribution in [0.4, 0.5) is 5.69 Å². The van der Waals surface area contributed by atoms with Gasteiger partial charge in [0.05, 0.1) is 29.0 Å². The maximum atomic E-state index is 9.49. The fourth-order valence-electron chi connectivity index (χ4n) is 3.06. The second kappa shape index (κ2) is 6.91. The maximum Gasteiger partial charge on any atom is 0.103 e. The summed E-state index contributed by atoms with van der Waals surface area (Å²) < 4.78 is 1.80. The van der Waals surface area contributed by atoms with Crippen molar-refractivity contribution in [3.05, 3.63) is 53.5 Å². The minimum absolute atomic E-state index is 0.147. The first-order valence-electron chi connectivity index (χ1n) is 8.18. The van der Waals surface area contributed by atoms with Gasteiger partial charge in [-0.05, 0) is 26.6 Å². The van der Waals surface area contributed by atoms with Gasteiger partial charge in [0.25, 0.3) is 0 Å². The van der Waals surface area contributed by atoms with E-state index >= 15 is 0 Å². The van der Waals surface area contributed by atoms with Crippen molar-refractivity contribution in [2.45, 2.75) is 13.0 Å². The molecule has 0 fully saturated rings. The van der Waals surface area contributed by atoms with Gasteiger partial charge in [0, 0.05) is 36.9 Å². The fourth-order valence-corrected chi connectivity index (χ4v) is 3.06. The lowest BCUT2D eigenvalue weighted by molar-refractivity contribution is 0.312. The standard InChI is InChI=1S/C19H22N6/c1-13-6-5-7-16-18(13)21-9-14(8-20)19(16)22-11-17(24(2)3)15-10-23-25(4)12-15/h5-7,9-10,12,17H,11H2,1-4H3,(H,21,22)/t17-/m0/s1. The SMILES string of the molecule is Cc1cccc2c(NC[C@@H](c3cnn(C)c3)N(C)C)c(C#N)cnc12. The summed E-state index contributed by atoms with van der Waals surface area (Å²) in [5.41, 5.74) is 4.55. The van der Waals surface area contributed by atoms with Crippen molar-refractivity contribution in [3.63, 3.8) is 0 Å². The van der Waals surface area contributed by atoms with Crippen molar-refractivity contribution in [3.8, 4) is 6.07 Å². The van der Waals surface area contributed by atoms with Crippen molar-refractivity contribution in [1.29, 1.82) is 5.26 Å². The Morgan fingerprint density at radius 2 is 2.12 bits per heavy atom. The predicted molar refractivity (Wildman–Crippen MR) is 99.3 cm³/mol. The molecule has 2 aromatic heterocycles. The molecule has 2 heterocycles. The van der Waals surface area contributed by atoms with Gasteiger partial charge in [0.1, 0.15) is 6.07 Å². The van der Waals surface area contributed by atoms with Crippen molar-refractivity contribution in [1.82, 2.24) is 19.7 Å². The summed E-state index contributed by atoms with van der Waals surface area (Å²) in [6.45, 7) is 2.70. The number of nitrogens with one attached hydrogen (secondary N) is 1. The van der Waals surface area contributed by atoms with Gasteiger partial charge >= 0.3 is 0 Å². The summed E-state index contributed by atoms with van der Waals surface area (Å²) in [6.07, 6.45) is 5.55. The summed E-state index contributed by atoms with van der Waals surface area (Å²) >= 11 is 0. The first-order valence-corrected chi connectivity index (χ1v) is 8.18. The topological polar surface area (TPSA) is 69.8 Å². The average molecular weight is 334 g/mol. The van der Waals surface area contributed by atoms with Crippen LogP contribution >= 0.6 is 0 Å². The minimum Gasteiger partial charge on any atom is -0.381 e. The summed E-state index contributed by atoms with van der Waals surface area (Å²) in [6, 6.07) is 8.43. The van der Waals surface area contributed by atoms with Crippen molar-refractivity contribution in [2.24, 2.45) is 7.05 Å². The number of rotatable bonds is 5.